The van der Waals surface area contributed by atoms with Gasteiger partial charge in [-0.25, -0.2) is 0 Å². The maximum atomic E-state index is 4.01. The van der Waals surface area contributed by atoms with E-state index in [1.165, 1.54) is 4.70 Å². The van der Waals surface area contributed by atoms with E-state index in [0.717, 1.165) is 5.52 Å². The predicted octanol–water partition coefficient (Wildman–Crippen LogP) is 2.09. The normalized spacial score (nSPS) is 9.20. The molecule has 0 spiro atoms. The molecule has 1 radical (unpaired) electrons. The molecule has 1 heterocycles. The van der Waals surface area contributed by atoms with E-state index in [9.17, 15) is 0 Å². The summed E-state index contributed by atoms with van der Waals surface area (Å²) >= 11 is 1.55. The van der Waals surface area contributed by atoms with E-state index in [1.807, 2.05) is 24.3 Å². The summed E-state index contributed by atoms with van der Waals surface area (Å²) in [5.41, 5.74) is 3.87. The van der Waals surface area contributed by atoms with Gasteiger partial charge in [-0.15, -0.1) is 16.8 Å². The SMILES string of the molecule is [Y].[c-]1nc2ccccc2s1. The van der Waals surface area contributed by atoms with Crippen LogP contribution in [0.15, 0.2) is 24.3 Å². The van der Waals surface area contributed by atoms with Gasteiger partial charge in [-0.2, -0.15) is 0 Å². The molecule has 0 N–H and O–H groups in total. The van der Waals surface area contributed by atoms with Crippen LogP contribution in [0, 0.1) is 5.51 Å². The van der Waals surface area contributed by atoms with Crippen LogP contribution >= 0.6 is 11.3 Å². The second kappa shape index (κ2) is 3.56. The van der Waals surface area contributed by atoms with Crippen LogP contribution in [0.3, 0.4) is 0 Å². The molecule has 47 valence electrons. The molecular formula is C7H4NSY-. The van der Waals surface area contributed by atoms with Crippen molar-refractivity contribution < 1.29 is 32.7 Å². The third kappa shape index (κ3) is 1.44. The Morgan fingerprint density at radius 1 is 1.30 bits per heavy atom. The van der Waals surface area contributed by atoms with E-state index >= 15 is 0 Å². The molecule has 2 rings (SSSR count). The van der Waals surface area contributed by atoms with Crippen LogP contribution in [0.5, 0.6) is 0 Å². The largest absolute Gasteiger partial charge is 0.386 e. The standard InChI is InChI=1S/C7H4NS.Y/c1-2-4-7-6(3-1)8-5-9-7;/h1-4H;/q-1;. The minimum atomic E-state index is 0. The number of nitrogens with zero attached hydrogens (tertiary/aromatic N) is 1. The Balaban J connectivity index is 0.000000500. The summed E-state index contributed by atoms with van der Waals surface area (Å²) in [6.07, 6.45) is 0. The number of aromatic nitrogens is 1. The molecule has 0 aliphatic heterocycles. The van der Waals surface area contributed by atoms with Crippen molar-refractivity contribution >= 4 is 21.6 Å². The fourth-order valence-corrected chi connectivity index (χ4v) is 1.36. The topological polar surface area (TPSA) is 12.9 Å². The molecule has 0 saturated carbocycles. The van der Waals surface area contributed by atoms with Crippen molar-refractivity contribution in [2.24, 2.45) is 0 Å². The number of benzene rings is 1. The van der Waals surface area contributed by atoms with Crippen LogP contribution in [0.1, 0.15) is 0 Å². The zero-order chi connectivity index (χ0) is 6.10. The maximum Gasteiger partial charge on any atom is 0 e. The van der Waals surface area contributed by atoms with Gasteiger partial charge in [0.15, 0.2) is 0 Å². The van der Waals surface area contributed by atoms with Crippen LogP contribution in [-0.2, 0) is 32.7 Å². The van der Waals surface area contributed by atoms with Crippen molar-refractivity contribution in [2.45, 2.75) is 0 Å². The van der Waals surface area contributed by atoms with E-state index in [2.05, 4.69) is 10.5 Å². The van der Waals surface area contributed by atoms with Gasteiger partial charge in [-0.1, -0.05) is 17.6 Å². The minimum Gasteiger partial charge on any atom is -0.386 e. The van der Waals surface area contributed by atoms with E-state index in [0.29, 0.717) is 0 Å². The van der Waals surface area contributed by atoms with Crippen LogP contribution in [-0.4, -0.2) is 4.98 Å². The predicted molar refractivity (Wildman–Crippen MR) is 38.5 cm³/mol. The van der Waals surface area contributed by atoms with Crippen LogP contribution < -0.4 is 0 Å². The van der Waals surface area contributed by atoms with Crippen molar-refractivity contribution in [3.63, 3.8) is 0 Å². The third-order valence-electron chi connectivity index (χ3n) is 1.19. The molecule has 1 nitrogen and oxygen atoms in total. The van der Waals surface area contributed by atoms with Gasteiger partial charge in [0.2, 0.25) is 0 Å². The second-order valence-corrected chi connectivity index (χ2v) is 2.60. The minimum absolute atomic E-state index is 0. The summed E-state index contributed by atoms with van der Waals surface area (Å²) in [5, 5.41) is 0. The van der Waals surface area contributed by atoms with Crippen molar-refractivity contribution in [1.29, 1.82) is 0 Å². The van der Waals surface area contributed by atoms with Gasteiger partial charge >= 0.3 is 0 Å². The molecule has 3 heteroatoms. The molecule has 0 aliphatic carbocycles. The summed E-state index contributed by atoms with van der Waals surface area (Å²) in [6, 6.07) is 8.02. The van der Waals surface area contributed by atoms with Gasteiger partial charge in [0, 0.05) is 32.7 Å². The quantitative estimate of drug-likeness (QED) is 0.623. The van der Waals surface area contributed by atoms with Gasteiger partial charge in [0.25, 0.3) is 0 Å². The number of hydrogen-bond donors (Lipinski definition) is 0. The van der Waals surface area contributed by atoms with Crippen LogP contribution in [0.4, 0.5) is 0 Å². The first-order valence-corrected chi connectivity index (χ1v) is 3.50. The molecule has 1 aromatic carbocycles. The first-order chi connectivity index (χ1) is 4.47. The molecule has 0 unspecified atom stereocenters. The monoisotopic (exact) mass is 223 g/mol. The first kappa shape index (κ1) is 8.31. The van der Waals surface area contributed by atoms with Gasteiger partial charge in [-0.05, 0) is 5.51 Å². The van der Waals surface area contributed by atoms with Crippen molar-refractivity contribution in [3.05, 3.63) is 29.8 Å². The molecule has 10 heavy (non-hydrogen) atoms. The fourth-order valence-electron chi connectivity index (χ4n) is 0.757. The molecule has 0 bridgehead atoms. The second-order valence-electron chi connectivity index (χ2n) is 1.77. The van der Waals surface area contributed by atoms with E-state index in [4.69, 9.17) is 0 Å². The molecule has 0 atom stereocenters. The number of para-hydroxylation sites is 1. The Hall–Kier alpha value is 0.214. The Labute approximate surface area is 88.4 Å². The van der Waals surface area contributed by atoms with E-state index < -0.39 is 0 Å². The van der Waals surface area contributed by atoms with Crippen LogP contribution in [0.2, 0.25) is 0 Å². The zero-order valence-electron chi connectivity index (χ0n) is 5.24. The molecule has 2 aromatic rings. The summed E-state index contributed by atoms with van der Waals surface area (Å²) in [4.78, 5) is 4.01. The average Bonchev–Trinajstić information content (AvgIpc) is 2.33. The fraction of sp³-hybridized carbons (Fsp3) is 0. The van der Waals surface area contributed by atoms with Gasteiger partial charge in [0.1, 0.15) is 0 Å². The molecular weight excluding hydrogens is 219 g/mol. The number of fused-ring (bicyclic) bond motifs is 1. The smallest absolute Gasteiger partial charge is 0 e. The third-order valence-corrected chi connectivity index (χ3v) is 1.93. The summed E-state index contributed by atoms with van der Waals surface area (Å²) < 4.78 is 1.21. The van der Waals surface area contributed by atoms with Gasteiger partial charge in [-0.3, -0.25) is 11.3 Å². The van der Waals surface area contributed by atoms with Gasteiger partial charge in [0.05, 0.1) is 0 Å². The number of thiazole rings is 1. The Bertz CT molecular complexity index is 288. The summed E-state index contributed by atoms with van der Waals surface area (Å²) in [5.74, 6) is 0. The Kier molecular flexibility index (Phi) is 2.96. The number of rotatable bonds is 0. The van der Waals surface area contributed by atoms with E-state index in [1.54, 1.807) is 11.3 Å². The summed E-state index contributed by atoms with van der Waals surface area (Å²) in [7, 11) is 0. The molecule has 0 fully saturated rings. The van der Waals surface area contributed by atoms with Crippen molar-refractivity contribution in [2.75, 3.05) is 0 Å². The zero-order valence-corrected chi connectivity index (χ0v) is 8.90. The van der Waals surface area contributed by atoms with Gasteiger partial charge < -0.3 is 4.98 Å². The molecule has 0 aliphatic rings. The van der Waals surface area contributed by atoms with Crippen molar-refractivity contribution in [3.8, 4) is 0 Å². The van der Waals surface area contributed by atoms with E-state index in [-0.39, 0.29) is 32.7 Å². The summed E-state index contributed by atoms with van der Waals surface area (Å²) in [6.45, 7) is 0. The Morgan fingerprint density at radius 3 is 2.90 bits per heavy atom. The average molecular weight is 223 g/mol. The molecule has 1 aromatic heterocycles. The molecule has 0 amide bonds. The maximum absolute atomic E-state index is 4.01. The molecule has 0 saturated heterocycles. The first-order valence-electron chi connectivity index (χ1n) is 2.68. The van der Waals surface area contributed by atoms with Crippen LogP contribution in [0.25, 0.3) is 10.2 Å². The van der Waals surface area contributed by atoms with Crippen molar-refractivity contribution in [1.82, 2.24) is 4.98 Å². The number of hydrogen-bond acceptors (Lipinski definition) is 2. The Morgan fingerprint density at radius 2 is 2.10 bits per heavy atom.